The van der Waals surface area contributed by atoms with E-state index < -0.39 is 11.4 Å². The van der Waals surface area contributed by atoms with Crippen LogP contribution in [0.2, 0.25) is 0 Å². The Kier molecular flexibility index (Phi) is 12.3. The van der Waals surface area contributed by atoms with Crippen LogP contribution in [0.25, 0.3) is 11.1 Å². The Labute approximate surface area is 220 Å². The third-order valence-electron chi connectivity index (χ3n) is 5.82. The SMILES string of the molecule is C=C(COC)C(=O)OCCOc1ccc(-c2ccc(CCCOC(=O)C(C)(C)COC)cc2)c(CC)c1. The van der Waals surface area contributed by atoms with Crippen molar-refractivity contribution in [2.45, 2.75) is 40.0 Å². The maximum Gasteiger partial charge on any atom is 0.335 e. The van der Waals surface area contributed by atoms with Crippen molar-refractivity contribution >= 4 is 11.9 Å². The molecule has 7 nitrogen and oxygen atoms in total. The summed E-state index contributed by atoms with van der Waals surface area (Å²) in [5.74, 6) is 0.0101. The highest BCUT2D eigenvalue weighted by molar-refractivity contribution is 5.87. The minimum Gasteiger partial charge on any atom is -0.490 e. The summed E-state index contributed by atoms with van der Waals surface area (Å²) in [5.41, 5.74) is 4.28. The van der Waals surface area contributed by atoms with Crippen molar-refractivity contribution in [1.29, 1.82) is 0 Å². The van der Waals surface area contributed by atoms with Crippen LogP contribution in [0.1, 0.15) is 38.3 Å². The third-order valence-corrected chi connectivity index (χ3v) is 5.82. The summed E-state index contributed by atoms with van der Waals surface area (Å²) >= 11 is 0. The Hall–Kier alpha value is -3.16. The fourth-order valence-corrected chi connectivity index (χ4v) is 3.77. The van der Waals surface area contributed by atoms with Crippen LogP contribution in [0.15, 0.2) is 54.6 Å². The summed E-state index contributed by atoms with van der Waals surface area (Å²) in [6, 6.07) is 14.5. The van der Waals surface area contributed by atoms with Gasteiger partial charge in [0, 0.05) is 14.2 Å². The number of rotatable bonds is 16. The highest BCUT2D eigenvalue weighted by atomic mass is 16.6. The molecule has 2 aromatic carbocycles. The van der Waals surface area contributed by atoms with Crippen molar-refractivity contribution in [2.24, 2.45) is 5.41 Å². The van der Waals surface area contributed by atoms with E-state index in [9.17, 15) is 9.59 Å². The lowest BCUT2D eigenvalue weighted by molar-refractivity contribution is -0.156. The van der Waals surface area contributed by atoms with Crippen molar-refractivity contribution in [3.63, 3.8) is 0 Å². The number of ether oxygens (including phenoxy) is 5. The third kappa shape index (κ3) is 9.67. The maximum atomic E-state index is 12.2. The Morgan fingerprint density at radius 2 is 1.65 bits per heavy atom. The van der Waals surface area contributed by atoms with Gasteiger partial charge in [0.2, 0.25) is 0 Å². The van der Waals surface area contributed by atoms with Gasteiger partial charge in [0.05, 0.1) is 30.8 Å². The Morgan fingerprint density at radius 1 is 0.919 bits per heavy atom. The smallest absolute Gasteiger partial charge is 0.335 e. The summed E-state index contributed by atoms with van der Waals surface area (Å²) < 4.78 is 26.3. The van der Waals surface area contributed by atoms with Crippen LogP contribution in [0.3, 0.4) is 0 Å². The van der Waals surface area contributed by atoms with Gasteiger partial charge in [-0.25, -0.2) is 4.79 Å². The molecule has 0 N–H and O–H groups in total. The van der Waals surface area contributed by atoms with Gasteiger partial charge in [0.1, 0.15) is 19.0 Å². The van der Waals surface area contributed by atoms with Gasteiger partial charge in [-0.1, -0.05) is 43.8 Å². The molecule has 0 spiro atoms. The van der Waals surface area contributed by atoms with E-state index in [0.717, 1.165) is 36.1 Å². The normalized spacial score (nSPS) is 11.2. The van der Waals surface area contributed by atoms with Gasteiger partial charge in [-0.3, -0.25) is 4.79 Å². The Bertz CT molecular complexity index is 1020. The molecule has 0 fully saturated rings. The molecule has 0 aliphatic heterocycles. The van der Waals surface area contributed by atoms with Gasteiger partial charge < -0.3 is 23.7 Å². The predicted octanol–water partition coefficient (Wildman–Crippen LogP) is 5.19. The van der Waals surface area contributed by atoms with E-state index in [0.29, 0.717) is 13.2 Å². The first kappa shape index (κ1) is 30.1. The Morgan fingerprint density at radius 3 is 2.30 bits per heavy atom. The zero-order valence-corrected chi connectivity index (χ0v) is 22.8. The molecule has 0 amide bonds. The molecule has 0 saturated heterocycles. The molecule has 7 heteroatoms. The summed E-state index contributed by atoms with van der Waals surface area (Å²) in [6.07, 6.45) is 2.44. The number of hydrogen-bond donors (Lipinski definition) is 0. The largest absolute Gasteiger partial charge is 0.490 e. The van der Waals surface area contributed by atoms with E-state index in [1.807, 2.05) is 26.0 Å². The molecule has 2 rings (SSSR count). The zero-order chi connectivity index (χ0) is 27.3. The molecule has 0 aromatic heterocycles. The fraction of sp³-hybridized carbons (Fsp3) is 0.467. The topological polar surface area (TPSA) is 80.3 Å². The standard InChI is InChI=1S/C30H40O7/c1-7-24-19-26(35-17-18-36-28(31)22(2)20-33-5)14-15-27(24)25-12-10-23(11-13-25)9-8-16-37-29(32)30(3,4)21-34-6/h10-15,19H,2,7-9,16-18,20-21H2,1,3-6H3. The summed E-state index contributed by atoms with van der Waals surface area (Å²) in [6.45, 7) is 10.6. The van der Waals surface area contributed by atoms with Crippen LogP contribution in [0.5, 0.6) is 5.75 Å². The molecule has 2 aromatic rings. The molecular formula is C30H40O7. The van der Waals surface area contributed by atoms with Crippen molar-refractivity contribution in [2.75, 3.05) is 47.3 Å². The van der Waals surface area contributed by atoms with Crippen LogP contribution in [0.4, 0.5) is 0 Å². The van der Waals surface area contributed by atoms with Gasteiger partial charge in [-0.05, 0) is 67.5 Å². The predicted molar refractivity (Wildman–Crippen MR) is 144 cm³/mol. The average Bonchev–Trinajstić information content (AvgIpc) is 2.89. The first-order chi connectivity index (χ1) is 17.7. The second-order valence-electron chi connectivity index (χ2n) is 9.45. The lowest BCUT2D eigenvalue weighted by Gasteiger charge is -2.21. The molecule has 0 aliphatic rings. The minimum absolute atomic E-state index is 0.135. The fourth-order valence-electron chi connectivity index (χ4n) is 3.77. The number of benzene rings is 2. The van der Waals surface area contributed by atoms with Gasteiger partial charge in [0.15, 0.2) is 0 Å². The summed E-state index contributed by atoms with van der Waals surface area (Å²) in [5, 5.41) is 0. The van der Waals surface area contributed by atoms with E-state index in [2.05, 4.69) is 43.8 Å². The number of aryl methyl sites for hydroxylation is 2. The molecule has 0 aliphatic carbocycles. The average molecular weight is 513 g/mol. The van der Waals surface area contributed by atoms with Gasteiger partial charge >= 0.3 is 11.9 Å². The lowest BCUT2D eigenvalue weighted by Crippen LogP contribution is -2.31. The number of esters is 2. The summed E-state index contributed by atoms with van der Waals surface area (Å²) in [7, 11) is 3.08. The number of carbonyl (C=O) groups excluding carboxylic acids is 2. The van der Waals surface area contributed by atoms with Crippen LogP contribution in [-0.4, -0.2) is 59.2 Å². The van der Waals surface area contributed by atoms with Crippen molar-refractivity contribution in [1.82, 2.24) is 0 Å². The number of carbonyl (C=O) groups is 2. The second-order valence-corrected chi connectivity index (χ2v) is 9.45. The number of methoxy groups -OCH3 is 2. The van der Waals surface area contributed by atoms with Gasteiger partial charge in [0.25, 0.3) is 0 Å². The lowest BCUT2D eigenvalue weighted by atomic mass is 9.95. The van der Waals surface area contributed by atoms with Crippen molar-refractivity contribution in [3.05, 3.63) is 65.7 Å². The second kappa shape index (κ2) is 15.2. The molecule has 0 unspecified atom stereocenters. The minimum atomic E-state index is -0.638. The number of hydrogen-bond acceptors (Lipinski definition) is 7. The molecule has 37 heavy (non-hydrogen) atoms. The van der Waals surface area contributed by atoms with Crippen LogP contribution in [0, 0.1) is 5.41 Å². The maximum absolute atomic E-state index is 12.2. The molecule has 0 radical (unpaired) electrons. The molecule has 0 saturated carbocycles. The molecule has 0 heterocycles. The van der Waals surface area contributed by atoms with Crippen LogP contribution < -0.4 is 4.74 Å². The highest BCUT2D eigenvalue weighted by Crippen LogP contribution is 2.28. The van der Waals surface area contributed by atoms with Gasteiger partial charge in [-0.2, -0.15) is 0 Å². The molecular weight excluding hydrogens is 472 g/mol. The highest BCUT2D eigenvalue weighted by Gasteiger charge is 2.29. The Balaban J connectivity index is 1.86. The monoisotopic (exact) mass is 512 g/mol. The molecule has 202 valence electrons. The van der Waals surface area contributed by atoms with Crippen molar-refractivity contribution in [3.8, 4) is 16.9 Å². The van der Waals surface area contributed by atoms with E-state index in [1.165, 1.54) is 18.2 Å². The van der Waals surface area contributed by atoms with Gasteiger partial charge in [-0.15, -0.1) is 0 Å². The van der Waals surface area contributed by atoms with Crippen LogP contribution >= 0.6 is 0 Å². The van der Waals surface area contributed by atoms with E-state index >= 15 is 0 Å². The summed E-state index contributed by atoms with van der Waals surface area (Å²) in [4.78, 5) is 23.9. The molecule has 0 bridgehead atoms. The first-order valence-electron chi connectivity index (χ1n) is 12.6. The van der Waals surface area contributed by atoms with Crippen LogP contribution in [-0.2, 0) is 41.4 Å². The van der Waals surface area contributed by atoms with Crippen molar-refractivity contribution < 1.29 is 33.3 Å². The molecule has 0 atom stereocenters. The van der Waals surface area contributed by atoms with E-state index in [4.69, 9.17) is 23.7 Å². The first-order valence-corrected chi connectivity index (χ1v) is 12.6. The van der Waals surface area contributed by atoms with E-state index in [1.54, 1.807) is 7.11 Å². The van der Waals surface area contributed by atoms with E-state index in [-0.39, 0.29) is 31.4 Å². The zero-order valence-electron chi connectivity index (χ0n) is 22.8. The quantitative estimate of drug-likeness (QED) is 0.174.